The number of nitrogens with zero attached hydrogens (tertiary/aromatic N) is 2. The van der Waals surface area contributed by atoms with E-state index in [2.05, 4.69) is 10.4 Å². The zero-order chi connectivity index (χ0) is 16.7. The largest absolute Gasteiger partial charge is 0.493 e. The number of aryl methyl sites for hydroxylation is 1. The van der Waals surface area contributed by atoms with Crippen molar-refractivity contribution >= 4 is 5.91 Å². The first kappa shape index (κ1) is 16.5. The van der Waals surface area contributed by atoms with Crippen molar-refractivity contribution in [3.8, 4) is 11.5 Å². The van der Waals surface area contributed by atoms with E-state index in [4.69, 9.17) is 9.47 Å². The molecule has 7 nitrogen and oxygen atoms in total. The average molecular weight is 317 g/mol. The number of ether oxygens (including phenoxy) is 2. The topological polar surface area (TPSA) is 82.5 Å². The van der Waals surface area contributed by atoms with Crippen molar-refractivity contribution in [2.24, 2.45) is 0 Å². The molecular weight excluding hydrogens is 298 g/mol. The molecule has 23 heavy (non-hydrogen) atoms. The average Bonchev–Trinajstić information content (AvgIpc) is 2.59. The van der Waals surface area contributed by atoms with Gasteiger partial charge in [0.25, 0.3) is 11.5 Å². The van der Waals surface area contributed by atoms with Crippen LogP contribution < -0.4 is 20.3 Å². The van der Waals surface area contributed by atoms with Crippen molar-refractivity contribution < 1.29 is 14.3 Å². The summed E-state index contributed by atoms with van der Waals surface area (Å²) in [5.41, 5.74) is 0.246. The van der Waals surface area contributed by atoms with Gasteiger partial charge in [0.05, 0.1) is 19.8 Å². The van der Waals surface area contributed by atoms with Crippen molar-refractivity contribution in [3.63, 3.8) is 0 Å². The summed E-state index contributed by atoms with van der Waals surface area (Å²) >= 11 is 0. The third-order valence-corrected chi connectivity index (χ3v) is 3.27. The number of amides is 1. The number of aromatic nitrogens is 2. The first-order chi connectivity index (χ1) is 11.2. The Kier molecular flexibility index (Phi) is 5.74. The standard InChI is InChI=1S/C16H19N3O4/c1-22-13-7-3-6-12(15(13)23-2)16(21)17-9-5-11-19-14(20)8-4-10-18-19/h3-4,6-8,10H,5,9,11H2,1-2H3,(H,17,21). The summed E-state index contributed by atoms with van der Waals surface area (Å²) < 4.78 is 11.8. The second-order valence-corrected chi connectivity index (χ2v) is 4.74. The zero-order valence-corrected chi connectivity index (χ0v) is 13.1. The molecule has 0 fully saturated rings. The summed E-state index contributed by atoms with van der Waals surface area (Å²) in [5, 5.41) is 6.76. The molecule has 1 amide bonds. The summed E-state index contributed by atoms with van der Waals surface area (Å²) in [6.07, 6.45) is 2.15. The van der Waals surface area contributed by atoms with Crippen LogP contribution in [0.15, 0.2) is 41.3 Å². The zero-order valence-electron chi connectivity index (χ0n) is 13.1. The van der Waals surface area contributed by atoms with Gasteiger partial charge in [-0.15, -0.1) is 0 Å². The maximum Gasteiger partial charge on any atom is 0.266 e. The van der Waals surface area contributed by atoms with Crippen LogP contribution in [0.5, 0.6) is 11.5 Å². The first-order valence-electron chi connectivity index (χ1n) is 7.18. The quantitative estimate of drug-likeness (QED) is 0.773. The van der Waals surface area contributed by atoms with Gasteiger partial charge in [-0.05, 0) is 24.6 Å². The maximum atomic E-state index is 12.2. The van der Waals surface area contributed by atoms with E-state index in [1.165, 1.54) is 25.0 Å². The fraction of sp³-hybridized carbons (Fsp3) is 0.312. The molecule has 1 N–H and O–H groups in total. The van der Waals surface area contributed by atoms with Crippen molar-refractivity contribution in [1.82, 2.24) is 15.1 Å². The van der Waals surface area contributed by atoms with E-state index in [0.717, 1.165) is 0 Å². The molecule has 1 aromatic carbocycles. The van der Waals surface area contributed by atoms with E-state index in [-0.39, 0.29) is 11.5 Å². The molecule has 1 heterocycles. The molecule has 0 aliphatic carbocycles. The Balaban J connectivity index is 1.93. The van der Waals surface area contributed by atoms with Gasteiger partial charge in [0, 0.05) is 25.4 Å². The number of benzene rings is 1. The van der Waals surface area contributed by atoms with Gasteiger partial charge in [-0.3, -0.25) is 9.59 Å². The summed E-state index contributed by atoms with van der Waals surface area (Å²) in [7, 11) is 3.01. The number of para-hydroxylation sites is 1. The monoisotopic (exact) mass is 317 g/mol. The Labute approximate surface area is 133 Å². The lowest BCUT2D eigenvalue weighted by atomic mass is 10.1. The summed E-state index contributed by atoms with van der Waals surface area (Å²) in [5.74, 6) is 0.641. The van der Waals surface area contributed by atoms with Gasteiger partial charge >= 0.3 is 0 Å². The molecule has 2 aromatic rings. The minimum absolute atomic E-state index is 0.159. The van der Waals surface area contributed by atoms with Crippen LogP contribution in [0.3, 0.4) is 0 Å². The van der Waals surface area contributed by atoms with Gasteiger partial charge in [-0.1, -0.05) is 6.07 Å². The van der Waals surface area contributed by atoms with Gasteiger partial charge in [0.15, 0.2) is 11.5 Å². The van der Waals surface area contributed by atoms with E-state index < -0.39 is 0 Å². The van der Waals surface area contributed by atoms with Crippen molar-refractivity contribution in [2.75, 3.05) is 20.8 Å². The second-order valence-electron chi connectivity index (χ2n) is 4.74. The Morgan fingerprint density at radius 2 is 2.04 bits per heavy atom. The van der Waals surface area contributed by atoms with Crippen LogP contribution in [0.25, 0.3) is 0 Å². The van der Waals surface area contributed by atoms with E-state index in [9.17, 15) is 9.59 Å². The van der Waals surface area contributed by atoms with Gasteiger partial charge in [-0.2, -0.15) is 5.10 Å². The van der Waals surface area contributed by atoms with Gasteiger partial charge in [0.2, 0.25) is 0 Å². The molecule has 0 aliphatic rings. The van der Waals surface area contributed by atoms with Crippen LogP contribution >= 0.6 is 0 Å². The van der Waals surface area contributed by atoms with Gasteiger partial charge in [0.1, 0.15) is 0 Å². The fourth-order valence-electron chi connectivity index (χ4n) is 2.15. The van der Waals surface area contributed by atoms with Crippen LogP contribution in [0.4, 0.5) is 0 Å². The Morgan fingerprint density at radius 1 is 1.22 bits per heavy atom. The lowest BCUT2D eigenvalue weighted by molar-refractivity contribution is 0.0949. The van der Waals surface area contributed by atoms with E-state index in [0.29, 0.717) is 36.6 Å². The molecule has 0 spiro atoms. The van der Waals surface area contributed by atoms with Crippen LogP contribution in [-0.4, -0.2) is 36.5 Å². The number of rotatable bonds is 7. The Hall–Kier alpha value is -2.83. The molecule has 122 valence electrons. The highest BCUT2D eigenvalue weighted by atomic mass is 16.5. The molecule has 0 bridgehead atoms. The summed E-state index contributed by atoms with van der Waals surface area (Å²) in [4.78, 5) is 23.7. The van der Waals surface area contributed by atoms with Crippen molar-refractivity contribution in [3.05, 3.63) is 52.4 Å². The highest BCUT2D eigenvalue weighted by Crippen LogP contribution is 2.30. The van der Waals surface area contributed by atoms with E-state index in [1.807, 2.05) is 0 Å². The number of hydrogen-bond acceptors (Lipinski definition) is 5. The van der Waals surface area contributed by atoms with Crippen LogP contribution in [0, 0.1) is 0 Å². The molecule has 7 heteroatoms. The highest BCUT2D eigenvalue weighted by Gasteiger charge is 2.15. The van der Waals surface area contributed by atoms with Crippen LogP contribution in [0.2, 0.25) is 0 Å². The number of nitrogens with one attached hydrogen (secondary N) is 1. The molecule has 0 atom stereocenters. The molecule has 0 radical (unpaired) electrons. The predicted octanol–water partition coefficient (Wildman–Crippen LogP) is 1.08. The maximum absolute atomic E-state index is 12.2. The summed E-state index contributed by atoms with van der Waals surface area (Å²) in [6, 6.07) is 8.16. The summed E-state index contributed by atoms with van der Waals surface area (Å²) in [6.45, 7) is 0.859. The minimum atomic E-state index is -0.255. The van der Waals surface area contributed by atoms with Crippen molar-refractivity contribution in [1.29, 1.82) is 0 Å². The minimum Gasteiger partial charge on any atom is -0.493 e. The van der Waals surface area contributed by atoms with Crippen LogP contribution in [-0.2, 0) is 6.54 Å². The second kappa shape index (κ2) is 7.98. The number of hydrogen-bond donors (Lipinski definition) is 1. The lowest BCUT2D eigenvalue weighted by Gasteiger charge is -2.12. The molecule has 1 aromatic heterocycles. The third kappa shape index (κ3) is 4.09. The molecule has 2 rings (SSSR count). The number of methoxy groups -OCH3 is 2. The molecule has 0 aliphatic heterocycles. The number of carbonyl (C=O) groups is 1. The van der Waals surface area contributed by atoms with Gasteiger partial charge < -0.3 is 14.8 Å². The normalized spacial score (nSPS) is 10.2. The smallest absolute Gasteiger partial charge is 0.266 e. The molecule has 0 unspecified atom stereocenters. The lowest BCUT2D eigenvalue weighted by Crippen LogP contribution is -2.28. The molecule has 0 saturated heterocycles. The van der Waals surface area contributed by atoms with E-state index in [1.54, 1.807) is 30.5 Å². The molecular formula is C16H19N3O4. The van der Waals surface area contributed by atoms with Crippen LogP contribution in [0.1, 0.15) is 16.8 Å². The molecule has 0 saturated carbocycles. The van der Waals surface area contributed by atoms with Gasteiger partial charge in [-0.25, -0.2) is 4.68 Å². The Bertz CT molecular complexity index is 727. The third-order valence-electron chi connectivity index (χ3n) is 3.27. The van der Waals surface area contributed by atoms with Crippen molar-refractivity contribution in [2.45, 2.75) is 13.0 Å². The van der Waals surface area contributed by atoms with E-state index >= 15 is 0 Å². The SMILES string of the molecule is COc1cccc(C(=O)NCCCn2ncccc2=O)c1OC. The fourth-order valence-corrected chi connectivity index (χ4v) is 2.15. The predicted molar refractivity (Wildman–Crippen MR) is 85.0 cm³/mol. The highest BCUT2D eigenvalue weighted by molar-refractivity contribution is 5.97. The first-order valence-corrected chi connectivity index (χ1v) is 7.18. The Morgan fingerprint density at radius 3 is 2.74 bits per heavy atom. The number of carbonyl (C=O) groups excluding carboxylic acids is 1.